The maximum atomic E-state index is 13.1. The molecule has 0 unspecified atom stereocenters. The van der Waals surface area contributed by atoms with Gasteiger partial charge < -0.3 is 5.32 Å². The van der Waals surface area contributed by atoms with Gasteiger partial charge in [0.25, 0.3) is 5.56 Å². The third-order valence-corrected chi connectivity index (χ3v) is 8.54. The summed E-state index contributed by atoms with van der Waals surface area (Å²) in [7, 11) is 1.74. The van der Waals surface area contributed by atoms with Crippen molar-refractivity contribution in [1.29, 1.82) is 0 Å². The van der Waals surface area contributed by atoms with Crippen LogP contribution in [0.4, 0.5) is 5.69 Å². The first-order valence-corrected chi connectivity index (χ1v) is 13.2. The number of aryl methyl sites for hydroxylation is 4. The molecule has 0 radical (unpaired) electrons. The van der Waals surface area contributed by atoms with E-state index < -0.39 is 0 Å². The van der Waals surface area contributed by atoms with E-state index in [0.29, 0.717) is 5.16 Å². The van der Waals surface area contributed by atoms with Gasteiger partial charge in [-0.2, -0.15) is 5.10 Å². The molecule has 3 heterocycles. The minimum absolute atomic E-state index is 0.0154. The zero-order valence-corrected chi connectivity index (χ0v) is 21.4. The first kappa shape index (κ1) is 22.9. The first-order chi connectivity index (χ1) is 16.3. The lowest BCUT2D eigenvalue weighted by Gasteiger charge is -2.11. The topological polar surface area (TPSA) is 81.8 Å². The fourth-order valence-electron chi connectivity index (χ4n) is 4.46. The van der Waals surface area contributed by atoms with Crippen molar-refractivity contribution in [2.24, 2.45) is 7.05 Å². The second-order valence-electron chi connectivity index (χ2n) is 8.78. The van der Waals surface area contributed by atoms with Crippen molar-refractivity contribution < 1.29 is 4.79 Å². The van der Waals surface area contributed by atoms with Crippen LogP contribution in [0.5, 0.6) is 0 Å². The number of aromatic nitrogens is 4. The molecule has 1 amide bonds. The van der Waals surface area contributed by atoms with Crippen molar-refractivity contribution in [1.82, 2.24) is 19.3 Å². The van der Waals surface area contributed by atoms with E-state index in [2.05, 4.69) is 10.4 Å². The summed E-state index contributed by atoms with van der Waals surface area (Å²) in [5, 5.41) is 8.95. The van der Waals surface area contributed by atoms with Crippen LogP contribution in [-0.4, -0.2) is 31.0 Å². The fourth-order valence-corrected chi connectivity index (χ4v) is 6.54. The third-order valence-electron chi connectivity index (χ3n) is 6.32. The quantitative estimate of drug-likeness (QED) is 0.321. The van der Waals surface area contributed by atoms with Crippen LogP contribution in [0.1, 0.15) is 40.2 Å². The van der Waals surface area contributed by atoms with Crippen LogP contribution >= 0.6 is 23.1 Å². The molecule has 9 heteroatoms. The molecule has 1 aromatic carbocycles. The molecule has 3 aromatic heterocycles. The number of fused-ring (bicyclic) bond motifs is 3. The molecule has 34 heavy (non-hydrogen) atoms. The van der Waals surface area contributed by atoms with Gasteiger partial charge in [-0.15, -0.1) is 11.3 Å². The molecule has 1 aliphatic carbocycles. The number of hydrogen-bond acceptors (Lipinski definition) is 6. The van der Waals surface area contributed by atoms with Gasteiger partial charge in [0.2, 0.25) is 5.91 Å². The molecule has 0 atom stereocenters. The summed E-state index contributed by atoms with van der Waals surface area (Å²) in [4.78, 5) is 32.7. The number of nitrogens with zero attached hydrogens (tertiary/aromatic N) is 4. The molecule has 1 N–H and O–H groups in total. The highest BCUT2D eigenvalue weighted by molar-refractivity contribution is 7.99. The van der Waals surface area contributed by atoms with E-state index in [-0.39, 0.29) is 17.2 Å². The van der Waals surface area contributed by atoms with Crippen LogP contribution < -0.4 is 10.9 Å². The van der Waals surface area contributed by atoms with Crippen molar-refractivity contribution in [3.05, 3.63) is 62.0 Å². The minimum Gasteiger partial charge on any atom is -0.322 e. The molecule has 0 fully saturated rings. The van der Waals surface area contributed by atoms with Gasteiger partial charge in [-0.1, -0.05) is 29.5 Å². The number of thiophene rings is 1. The smallest absolute Gasteiger partial charge is 0.262 e. The van der Waals surface area contributed by atoms with Gasteiger partial charge in [0, 0.05) is 11.9 Å². The molecule has 0 saturated carbocycles. The summed E-state index contributed by atoms with van der Waals surface area (Å²) < 4.78 is 3.42. The third kappa shape index (κ3) is 4.07. The number of anilines is 1. The van der Waals surface area contributed by atoms with Crippen molar-refractivity contribution >= 4 is 44.9 Å². The molecule has 4 aromatic rings. The Labute approximate surface area is 206 Å². The van der Waals surface area contributed by atoms with E-state index in [1.807, 2.05) is 49.7 Å². The van der Waals surface area contributed by atoms with Crippen LogP contribution in [0.3, 0.4) is 0 Å². The Morgan fingerprint density at radius 3 is 2.65 bits per heavy atom. The SMILES string of the molecule is Cc1ccc(-n2nc(C)c(NC(=O)CSc3nc4sc5c(c4c(=O)n3C)CCCC5)c2C)cc1. The van der Waals surface area contributed by atoms with E-state index in [9.17, 15) is 9.59 Å². The number of benzene rings is 1. The lowest BCUT2D eigenvalue weighted by atomic mass is 9.97. The van der Waals surface area contributed by atoms with E-state index in [0.717, 1.165) is 52.2 Å². The van der Waals surface area contributed by atoms with Gasteiger partial charge in [0.1, 0.15) is 4.83 Å². The van der Waals surface area contributed by atoms with Crippen molar-refractivity contribution in [2.75, 3.05) is 11.1 Å². The van der Waals surface area contributed by atoms with E-state index >= 15 is 0 Å². The van der Waals surface area contributed by atoms with Crippen LogP contribution in [0.15, 0.2) is 34.2 Å². The Morgan fingerprint density at radius 1 is 1.15 bits per heavy atom. The summed E-state index contributed by atoms with van der Waals surface area (Å²) in [6.07, 6.45) is 4.27. The molecular weight excluding hydrogens is 466 g/mol. The van der Waals surface area contributed by atoms with Crippen LogP contribution in [0, 0.1) is 20.8 Å². The number of thioether (sulfide) groups is 1. The van der Waals surface area contributed by atoms with Crippen LogP contribution in [0.25, 0.3) is 15.9 Å². The standard InChI is InChI=1S/C25H27N5O2S2/c1-14-9-11-17(12-10-14)30-16(3)22(15(2)28-30)26-20(31)13-33-25-27-23-21(24(32)29(25)4)18-7-5-6-8-19(18)34-23/h9-12H,5-8,13H2,1-4H3,(H,26,31). The largest absolute Gasteiger partial charge is 0.322 e. The molecule has 0 saturated heterocycles. The molecule has 0 bridgehead atoms. The lowest BCUT2D eigenvalue weighted by molar-refractivity contribution is -0.113. The highest BCUT2D eigenvalue weighted by Crippen LogP contribution is 2.34. The summed E-state index contributed by atoms with van der Waals surface area (Å²) in [6, 6.07) is 8.11. The second kappa shape index (κ2) is 9.03. The monoisotopic (exact) mass is 493 g/mol. The van der Waals surface area contributed by atoms with Gasteiger partial charge in [0.15, 0.2) is 5.16 Å². The summed E-state index contributed by atoms with van der Waals surface area (Å²) in [6.45, 7) is 5.88. The predicted molar refractivity (Wildman–Crippen MR) is 139 cm³/mol. The molecule has 0 aliphatic heterocycles. The number of carbonyl (C=O) groups is 1. The predicted octanol–water partition coefficient (Wildman–Crippen LogP) is 4.72. The normalized spacial score (nSPS) is 13.3. The minimum atomic E-state index is -0.153. The molecular formula is C25H27N5O2S2. The fraction of sp³-hybridized carbons (Fsp3) is 0.360. The summed E-state index contributed by atoms with van der Waals surface area (Å²) in [5.74, 6) is 0.00494. The Hall–Kier alpha value is -2.91. The highest BCUT2D eigenvalue weighted by atomic mass is 32.2. The lowest BCUT2D eigenvalue weighted by Crippen LogP contribution is -2.22. The first-order valence-electron chi connectivity index (χ1n) is 11.4. The Balaban J connectivity index is 1.34. The number of nitrogens with one attached hydrogen (secondary N) is 1. The molecule has 1 aliphatic rings. The maximum Gasteiger partial charge on any atom is 0.262 e. The van der Waals surface area contributed by atoms with Gasteiger partial charge in [-0.05, 0) is 64.2 Å². The number of carbonyl (C=O) groups excluding carboxylic acids is 1. The molecule has 7 nitrogen and oxygen atoms in total. The Morgan fingerprint density at radius 2 is 1.88 bits per heavy atom. The number of hydrogen-bond donors (Lipinski definition) is 1. The Bertz CT molecular complexity index is 1460. The Kier molecular flexibility index (Phi) is 6.07. The molecule has 5 rings (SSSR count). The zero-order chi connectivity index (χ0) is 24.0. The van der Waals surface area contributed by atoms with E-state index in [1.165, 1.54) is 34.2 Å². The van der Waals surface area contributed by atoms with Crippen LogP contribution in [-0.2, 0) is 24.7 Å². The van der Waals surface area contributed by atoms with Gasteiger partial charge in [-0.25, -0.2) is 9.67 Å². The maximum absolute atomic E-state index is 13.1. The van der Waals surface area contributed by atoms with Gasteiger partial charge in [-0.3, -0.25) is 14.2 Å². The molecule has 0 spiro atoms. The van der Waals surface area contributed by atoms with Gasteiger partial charge in [0.05, 0.1) is 33.9 Å². The van der Waals surface area contributed by atoms with Crippen molar-refractivity contribution in [3.8, 4) is 5.69 Å². The number of rotatable bonds is 5. The summed E-state index contributed by atoms with van der Waals surface area (Å²) >= 11 is 2.91. The van der Waals surface area contributed by atoms with Crippen molar-refractivity contribution in [2.45, 2.75) is 51.6 Å². The van der Waals surface area contributed by atoms with E-state index in [1.54, 1.807) is 23.0 Å². The highest BCUT2D eigenvalue weighted by Gasteiger charge is 2.22. The average Bonchev–Trinajstić information content (AvgIpc) is 3.33. The zero-order valence-electron chi connectivity index (χ0n) is 19.8. The second-order valence-corrected chi connectivity index (χ2v) is 10.8. The van der Waals surface area contributed by atoms with E-state index in [4.69, 9.17) is 4.98 Å². The summed E-state index contributed by atoms with van der Waals surface area (Å²) in [5.41, 5.74) is 5.65. The van der Waals surface area contributed by atoms with Crippen molar-refractivity contribution in [3.63, 3.8) is 0 Å². The number of amides is 1. The van der Waals surface area contributed by atoms with Gasteiger partial charge >= 0.3 is 0 Å². The van der Waals surface area contributed by atoms with Crippen LogP contribution in [0.2, 0.25) is 0 Å². The average molecular weight is 494 g/mol. The molecule has 176 valence electrons.